The normalized spacial score (nSPS) is 30.3. The third-order valence-corrected chi connectivity index (χ3v) is 5.51. The molecule has 1 aromatic heterocycles. The number of nitrogens with zero attached hydrogens (tertiary/aromatic N) is 4. The third-order valence-electron chi connectivity index (χ3n) is 5.51. The smallest absolute Gasteiger partial charge is 0.219 e. The van der Waals surface area contributed by atoms with E-state index in [0.717, 1.165) is 51.4 Å². The Morgan fingerprint density at radius 2 is 2.17 bits per heavy atom. The van der Waals surface area contributed by atoms with E-state index in [1.165, 1.54) is 0 Å². The number of aromatic nitrogens is 1. The second-order valence-electron chi connectivity index (χ2n) is 7.29. The number of β-amino-alcohol motifs (C(OH)–C–C–N with tert-alkyl or cyclic N) is 1. The fourth-order valence-electron chi connectivity index (χ4n) is 4.55. The summed E-state index contributed by atoms with van der Waals surface area (Å²) in [5.74, 6) is 0.147. The first-order valence-corrected chi connectivity index (χ1v) is 8.38. The molecule has 3 saturated heterocycles. The van der Waals surface area contributed by atoms with Crippen LogP contribution in [0.1, 0.15) is 19.0 Å². The number of carbonyl (C=O) groups excluding carboxylic acids is 1. The van der Waals surface area contributed by atoms with Crippen molar-refractivity contribution in [3.8, 4) is 0 Å². The summed E-state index contributed by atoms with van der Waals surface area (Å²) in [6.07, 6.45) is 2.36. The van der Waals surface area contributed by atoms with Crippen molar-refractivity contribution in [3.63, 3.8) is 0 Å². The number of likely N-dealkylation sites (tertiary alicyclic amines) is 1. The van der Waals surface area contributed by atoms with Gasteiger partial charge in [0.2, 0.25) is 5.91 Å². The Morgan fingerprint density at radius 1 is 1.35 bits per heavy atom. The van der Waals surface area contributed by atoms with Crippen LogP contribution in [0.5, 0.6) is 0 Å². The molecule has 4 heterocycles. The van der Waals surface area contributed by atoms with Crippen molar-refractivity contribution in [2.24, 2.45) is 0 Å². The first-order valence-electron chi connectivity index (χ1n) is 8.38. The Morgan fingerprint density at radius 3 is 2.87 bits per heavy atom. The lowest BCUT2D eigenvalue weighted by molar-refractivity contribution is -0.149. The lowest BCUT2D eigenvalue weighted by atomic mass is 9.83. The summed E-state index contributed by atoms with van der Waals surface area (Å²) in [7, 11) is 0. The van der Waals surface area contributed by atoms with Crippen LogP contribution in [-0.2, 0) is 11.3 Å². The second-order valence-corrected chi connectivity index (χ2v) is 7.29. The predicted octanol–water partition coefficient (Wildman–Crippen LogP) is -0.0667. The van der Waals surface area contributed by atoms with Crippen molar-refractivity contribution in [1.29, 1.82) is 0 Å². The van der Waals surface area contributed by atoms with Gasteiger partial charge in [-0.1, -0.05) is 6.07 Å². The summed E-state index contributed by atoms with van der Waals surface area (Å²) in [5.41, 5.74) is 1.10. The van der Waals surface area contributed by atoms with E-state index >= 15 is 0 Å². The Labute approximate surface area is 136 Å². The zero-order valence-corrected chi connectivity index (χ0v) is 13.6. The molecule has 3 aliphatic heterocycles. The maximum absolute atomic E-state index is 11.9. The molecule has 124 valence electrons. The summed E-state index contributed by atoms with van der Waals surface area (Å²) in [6.45, 7) is 6.67. The highest BCUT2D eigenvalue weighted by atomic mass is 16.3. The molecular formula is C17H24N4O2. The van der Waals surface area contributed by atoms with Gasteiger partial charge in [-0.3, -0.25) is 19.6 Å². The van der Waals surface area contributed by atoms with Gasteiger partial charge in [0.1, 0.15) is 0 Å². The zero-order chi connectivity index (χ0) is 16.0. The van der Waals surface area contributed by atoms with Gasteiger partial charge >= 0.3 is 0 Å². The number of pyridine rings is 1. The lowest BCUT2D eigenvalue weighted by Crippen LogP contribution is -2.78. The maximum Gasteiger partial charge on any atom is 0.219 e. The van der Waals surface area contributed by atoms with Crippen LogP contribution in [0.2, 0.25) is 0 Å². The minimum Gasteiger partial charge on any atom is -0.392 e. The minimum atomic E-state index is -0.256. The van der Waals surface area contributed by atoms with Crippen LogP contribution in [-0.4, -0.2) is 81.1 Å². The number of piperazine rings is 1. The molecule has 3 fully saturated rings. The number of hydrogen-bond acceptors (Lipinski definition) is 5. The molecule has 0 aromatic carbocycles. The number of aliphatic hydroxyl groups excluding tert-OH is 1. The summed E-state index contributed by atoms with van der Waals surface area (Å²) in [4.78, 5) is 23.1. The molecule has 2 atom stereocenters. The average molecular weight is 316 g/mol. The molecule has 1 aromatic rings. The van der Waals surface area contributed by atoms with Crippen molar-refractivity contribution < 1.29 is 9.90 Å². The zero-order valence-electron chi connectivity index (χ0n) is 13.6. The van der Waals surface area contributed by atoms with Crippen molar-refractivity contribution in [2.45, 2.75) is 37.6 Å². The van der Waals surface area contributed by atoms with Gasteiger partial charge in [0.25, 0.3) is 0 Å². The molecule has 0 radical (unpaired) electrons. The Balaban J connectivity index is 1.47. The lowest BCUT2D eigenvalue weighted by Gasteiger charge is -2.61. The molecule has 4 rings (SSSR count). The van der Waals surface area contributed by atoms with Crippen molar-refractivity contribution in [2.75, 3.05) is 32.7 Å². The standard InChI is InChI=1S/C17H24N4O2/c1-13(22)20-8-15-6-16(23)9-21(15)17(12-20)10-19(11-17)7-14-4-2-3-5-18-14/h2-5,15-16,23H,6-12H2,1H3/t15-,16+/m0/s1. The molecule has 0 aliphatic carbocycles. The Hall–Kier alpha value is -1.50. The van der Waals surface area contributed by atoms with E-state index < -0.39 is 0 Å². The predicted molar refractivity (Wildman–Crippen MR) is 85.6 cm³/mol. The highest BCUT2D eigenvalue weighted by molar-refractivity contribution is 5.73. The minimum absolute atomic E-state index is 0.0147. The Bertz CT molecular complexity index is 588. The van der Waals surface area contributed by atoms with Crippen molar-refractivity contribution >= 4 is 5.91 Å². The highest BCUT2D eigenvalue weighted by Gasteiger charge is 2.56. The number of fused-ring (bicyclic) bond motifs is 2. The Kier molecular flexibility index (Phi) is 3.63. The first kappa shape index (κ1) is 15.1. The van der Waals surface area contributed by atoms with E-state index in [0.29, 0.717) is 6.04 Å². The summed E-state index contributed by atoms with van der Waals surface area (Å²) in [6, 6.07) is 6.31. The van der Waals surface area contributed by atoms with Crippen LogP contribution in [0.25, 0.3) is 0 Å². The molecule has 3 aliphatic rings. The van der Waals surface area contributed by atoms with Crippen LogP contribution in [0.15, 0.2) is 24.4 Å². The van der Waals surface area contributed by atoms with Gasteiger partial charge in [-0.15, -0.1) is 0 Å². The quantitative estimate of drug-likeness (QED) is 0.828. The van der Waals surface area contributed by atoms with Gasteiger partial charge in [0.05, 0.1) is 17.3 Å². The number of hydrogen-bond donors (Lipinski definition) is 1. The van der Waals surface area contributed by atoms with Gasteiger partial charge in [0.15, 0.2) is 0 Å². The van der Waals surface area contributed by atoms with Gasteiger partial charge in [-0.25, -0.2) is 0 Å². The van der Waals surface area contributed by atoms with E-state index in [1.54, 1.807) is 6.92 Å². The molecular weight excluding hydrogens is 292 g/mol. The molecule has 0 bridgehead atoms. The highest BCUT2D eigenvalue weighted by Crippen LogP contribution is 2.39. The molecule has 6 nitrogen and oxygen atoms in total. The third kappa shape index (κ3) is 2.65. The van der Waals surface area contributed by atoms with E-state index in [9.17, 15) is 9.90 Å². The molecule has 0 unspecified atom stereocenters. The van der Waals surface area contributed by atoms with Crippen LogP contribution in [0.3, 0.4) is 0 Å². The number of aliphatic hydroxyl groups is 1. The SMILES string of the molecule is CC(=O)N1C[C@@H]2C[C@@H](O)CN2C2(CN(Cc3ccccn3)C2)C1. The molecule has 0 saturated carbocycles. The maximum atomic E-state index is 11.9. The first-order chi connectivity index (χ1) is 11.1. The fraction of sp³-hybridized carbons (Fsp3) is 0.647. The summed E-state index contributed by atoms with van der Waals surface area (Å²) < 4.78 is 0. The monoisotopic (exact) mass is 316 g/mol. The second kappa shape index (κ2) is 5.54. The topological polar surface area (TPSA) is 59.9 Å². The number of rotatable bonds is 2. The molecule has 23 heavy (non-hydrogen) atoms. The van der Waals surface area contributed by atoms with Crippen LogP contribution < -0.4 is 0 Å². The van der Waals surface area contributed by atoms with Crippen LogP contribution in [0.4, 0.5) is 0 Å². The number of amides is 1. The van der Waals surface area contributed by atoms with Crippen molar-refractivity contribution in [3.05, 3.63) is 30.1 Å². The van der Waals surface area contributed by atoms with Crippen molar-refractivity contribution in [1.82, 2.24) is 19.7 Å². The largest absolute Gasteiger partial charge is 0.392 e. The van der Waals surface area contributed by atoms with Gasteiger partial charge in [-0.05, 0) is 18.6 Å². The van der Waals surface area contributed by atoms with Gasteiger partial charge in [0, 0.05) is 58.4 Å². The number of carbonyl (C=O) groups is 1. The van der Waals surface area contributed by atoms with Gasteiger partial charge < -0.3 is 10.0 Å². The van der Waals surface area contributed by atoms with E-state index in [2.05, 4.69) is 20.9 Å². The van der Waals surface area contributed by atoms with E-state index in [4.69, 9.17) is 0 Å². The summed E-state index contributed by atoms with van der Waals surface area (Å²) in [5, 5.41) is 10.1. The molecule has 1 N–H and O–H groups in total. The average Bonchev–Trinajstić information content (AvgIpc) is 2.87. The van der Waals surface area contributed by atoms with Crippen LogP contribution in [0, 0.1) is 0 Å². The molecule has 1 amide bonds. The van der Waals surface area contributed by atoms with E-state index in [-0.39, 0.29) is 17.6 Å². The summed E-state index contributed by atoms with van der Waals surface area (Å²) >= 11 is 0. The van der Waals surface area contributed by atoms with Gasteiger partial charge in [-0.2, -0.15) is 0 Å². The fourth-order valence-corrected chi connectivity index (χ4v) is 4.55. The molecule has 1 spiro atoms. The van der Waals surface area contributed by atoms with E-state index in [1.807, 2.05) is 23.2 Å². The van der Waals surface area contributed by atoms with Crippen LogP contribution >= 0.6 is 0 Å². The molecule has 6 heteroatoms.